The summed E-state index contributed by atoms with van der Waals surface area (Å²) in [5.74, 6) is -0.817. The van der Waals surface area contributed by atoms with E-state index in [9.17, 15) is 26.4 Å². The Hall–Kier alpha value is -2.85. The van der Waals surface area contributed by atoms with Crippen LogP contribution in [0.4, 0.5) is 13.2 Å². The van der Waals surface area contributed by atoms with E-state index in [1.165, 1.54) is 42.5 Å². The molecule has 0 aromatic heterocycles. The van der Waals surface area contributed by atoms with Crippen LogP contribution in [0.15, 0.2) is 66.1 Å². The van der Waals surface area contributed by atoms with E-state index in [0.717, 1.165) is 12.1 Å². The fourth-order valence-electron chi connectivity index (χ4n) is 2.13. The van der Waals surface area contributed by atoms with E-state index >= 15 is 0 Å². The number of sulfonamides is 1. The van der Waals surface area contributed by atoms with Crippen molar-refractivity contribution in [2.75, 3.05) is 6.54 Å². The maximum atomic E-state index is 12.1. The number of hydrogen-bond donors (Lipinski definition) is 2. The van der Waals surface area contributed by atoms with Crippen molar-refractivity contribution >= 4 is 15.9 Å². The molecule has 2 rings (SSSR count). The standard InChI is InChI=1S/C18H17F3N2O4S/c1-2-11-23-28(25,26)16-9-5-14(6-10-16)17(24)22-12-13-3-7-15(8-4-13)27-18(19,20)21/h2-10,23H,1,11-12H2,(H,22,24). The Morgan fingerprint density at radius 1 is 1.07 bits per heavy atom. The van der Waals surface area contributed by atoms with Crippen molar-refractivity contribution < 1.29 is 31.1 Å². The normalized spacial score (nSPS) is 11.7. The minimum absolute atomic E-state index is 0.00570. The summed E-state index contributed by atoms with van der Waals surface area (Å²) < 4.78 is 66.4. The SMILES string of the molecule is C=CCNS(=O)(=O)c1ccc(C(=O)NCc2ccc(OC(F)(F)F)cc2)cc1. The van der Waals surface area contributed by atoms with Crippen LogP contribution >= 0.6 is 0 Å². The zero-order chi connectivity index (χ0) is 20.8. The predicted octanol–water partition coefficient (Wildman–Crippen LogP) is 2.98. The van der Waals surface area contributed by atoms with E-state index in [1.807, 2.05) is 0 Å². The van der Waals surface area contributed by atoms with Crippen LogP contribution in [0.25, 0.3) is 0 Å². The molecule has 0 aliphatic rings. The van der Waals surface area contributed by atoms with Crippen LogP contribution in [0.2, 0.25) is 0 Å². The van der Waals surface area contributed by atoms with Crippen LogP contribution in [0, 0.1) is 0 Å². The second-order valence-corrected chi connectivity index (χ2v) is 7.31. The highest BCUT2D eigenvalue weighted by atomic mass is 32.2. The number of carbonyl (C=O) groups excluding carboxylic acids is 1. The molecule has 10 heteroatoms. The Morgan fingerprint density at radius 2 is 1.68 bits per heavy atom. The van der Waals surface area contributed by atoms with Crippen LogP contribution in [0.1, 0.15) is 15.9 Å². The van der Waals surface area contributed by atoms with Crippen molar-refractivity contribution in [1.29, 1.82) is 0 Å². The van der Waals surface area contributed by atoms with Gasteiger partial charge in [-0.3, -0.25) is 4.79 Å². The van der Waals surface area contributed by atoms with E-state index in [0.29, 0.717) is 5.56 Å². The van der Waals surface area contributed by atoms with Gasteiger partial charge in [0.2, 0.25) is 10.0 Å². The first-order valence-corrected chi connectivity index (χ1v) is 9.42. The number of hydrogen-bond acceptors (Lipinski definition) is 4. The summed E-state index contributed by atoms with van der Waals surface area (Å²) in [6.45, 7) is 3.58. The highest BCUT2D eigenvalue weighted by molar-refractivity contribution is 7.89. The Balaban J connectivity index is 1.95. The van der Waals surface area contributed by atoms with Gasteiger partial charge >= 0.3 is 6.36 Å². The molecule has 2 aromatic carbocycles. The predicted molar refractivity (Wildman–Crippen MR) is 96.1 cm³/mol. The molecule has 0 radical (unpaired) electrons. The summed E-state index contributed by atoms with van der Waals surface area (Å²) in [4.78, 5) is 12.1. The smallest absolute Gasteiger partial charge is 0.406 e. The van der Waals surface area contributed by atoms with E-state index in [2.05, 4.69) is 21.4 Å². The molecule has 28 heavy (non-hydrogen) atoms. The first kappa shape index (κ1) is 21.5. The zero-order valence-electron chi connectivity index (χ0n) is 14.5. The lowest BCUT2D eigenvalue weighted by Gasteiger charge is -2.10. The van der Waals surface area contributed by atoms with Gasteiger partial charge in [0.05, 0.1) is 4.90 Å². The summed E-state index contributed by atoms with van der Waals surface area (Å²) in [5.41, 5.74) is 0.801. The average molecular weight is 414 g/mol. The molecule has 0 heterocycles. The fourth-order valence-corrected chi connectivity index (χ4v) is 3.13. The number of rotatable bonds is 8. The summed E-state index contributed by atoms with van der Waals surface area (Å²) in [5, 5.41) is 2.60. The second kappa shape index (κ2) is 8.89. The molecular formula is C18H17F3N2O4S. The molecule has 0 saturated carbocycles. The van der Waals surface area contributed by atoms with Crippen molar-refractivity contribution in [1.82, 2.24) is 10.0 Å². The molecule has 2 aromatic rings. The molecular weight excluding hydrogens is 397 g/mol. The van der Waals surface area contributed by atoms with Gasteiger partial charge in [0.25, 0.3) is 5.91 Å². The van der Waals surface area contributed by atoms with Gasteiger partial charge in [0.15, 0.2) is 0 Å². The van der Waals surface area contributed by atoms with Gasteiger partial charge in [-0.2, -0.15) is 0 Å². The molecule has 0 fully saturated rings. The second-order valence-electron chi connectivity index (χ2n) is 5.54. The molecule has 0 unspecified atom stereocenters. The maximum Gasteiger partial charge on any atom is 0.573 e. The molecule has 0 saturated heterocycles. The van der Waals surface area contributed by atoms with Crippen LogP contribution in [0.5, 0.6) is 5.75 Å². The maximum absolute atomic E-state index is 12.1. The molecule has 1 amide bonds. The monoisotopic (exact) mass is 414 g/mol. The summed E-state index contributed by atoms with van der Waals surface area (Å²) in [6.07, 6.45) is -3.36. The quantitative estimate of drug-likeness (QED) is 0.651. The van der Waals surface area contributed by atoms with Gasteiger partial charge in [-0.1, -0.05) is 18.2 Å². The lowest BCUT2D eigenvalue weighted by molar-refractivity contribution is -0.274. The highest BCUT2D eigenvalue weighted by Gasteiger charge is 2.30. The van der Waals surface area contributed by atoms with E-state index in [-0.39, 0.29) is 29.3 Å². The molecule has 150 valence electrons. The summed E-state index contributed by atoms with van der Waals surface area (Å²) in [6, 6.07) is 10.4. The molecule has 0 aliphatic heterocycles. The van der Waals surface area contributed by atoms with E-state index < -0.39 is 22.3 Å². The van der Waals surface area contributed by atoms with Gasteiger partial charge in [0.1, 0.15) is 5.75 Å². The Bertz CT molecular complexity index is 925. The van der Waals surface area contributed by atoms with Gasteiger partial charge in [-0.25, -0.2) is 13.1 Å². The van der Waals surface area contributed by atoms with Gasteiger partial charge < -0.3 is 10.1 Å². The van der Waals surface area contributed by atoms with E-state index in [1.54, 1.807) is 0 Å². The fraction of sp³-hybridized carbons (Fsp3) is 0.167. The minimum atomic E-state index is -4.77. The largest absolute Gasteiger partial charge is 0.573 e. The number of benzene rings is 2. The summed E-state index contributed by atoms with van der Waals surface area (Å²) in [7, 11) is -3.68. The zero-order valence-corrected chi connectivity index (χ0v) is 15.3. The third-order valence-corrected chi connectivity index (χ3v) is 4.89. The molecule has 0 atom stereocenters. The van der Waals surface area contributed by atoms with Crippen LogP contribution in [-0.4, -0.2) is 27.2 Å². The molecule has 6 nitrogen and oxygen atoms in total. The van der Waals surface area contributed by atoms with Crippen molar-refractivity contribution in [2.45, 2.75) is 17.8 Å². The Kier molecular flexibility index (Phi) is 6.81. The molecule has 0 spiro atoms. The number of ether oxygens (including phenoxy) is 1. The van der Waals surface area contributed by atoms with Gasteiger partial charge in [-0.15, -0.1) is 19.8 Å². The molecule has 0 bridgehead atoms. The van der Waals surface area contributed by atoms with Crippen molar-refractivity contribution in [3.63, 3.8) is 0 Å². The third kappa shape index (κ3) is 6.39. The topological polar surface area (TPSA) is 84.5 Å². The van der Waals surface area contributed by atoms with Crippen molar-refractivity contribution in [3.05, 3.63) is 72.3 Å². The lowest BCUT2D eigenvalue weighted by Crippen LogP contribution is -2.24. The number of nitrogens with one attached hydrogen (secondary N) is 2. The van der Waals surface area contributed by atoms with Crippen LogP contribution in [-0.2, 0) is 16.6 Å². The molecule has 2 N–H and O–H groups in total. The Labute approximate surface area is 160 Å². The first-order chi connectivity index (χ1) is 13.1. The van der Waals surface area contributed by atoms with Gasteiger partial charge in [-0.05, 0) is 42.0 Å². The highest BCUT2D eigenvalue weighted by Crippen LogP contribution is 2.22. The van der Waals surface area contributed by atoms with Crippen LogP contribution < -0.4 is 14.8 Å². The van der Waals surface area contributed by atoms with Crippen molar-refractivity contribution in [3.8, 4) is 5.75 Å². The first-order valence-electron chi connectivity index (χ1n) is 7.94. The number of alkyl halides is 3. The minimum Gasteiger partial charge on any atom is -0.406 e. The number of amides is 1. The lowest BCUT2D eigenvalue weighted by atomic mass is 10.2. The van der Waals surface area contributed by atoms with E-state index in [4.69, 9.17) is 0 Å². The summed E-state index contributed by atoms with van der Waals surface area (Å²) >= 11 is 0. The van der Waals surface area contributed by atoms with Crippen molar-refractivity contribution in [2.24, 2.45) is 0 Å². The average Bonchev–Trinajstić information content (AvgIpc) is 2.64. The van der Waals surface area contributed by atoms with Crippen LogP contribution in [0.3, 0.4) is 0 Å². The van der Waals surface area contributed by atoms with Gasteiger partial charge in [0, 0.05) is 18.7 Å². The Morgan fingerprint density at radius 3 is 2.21 bits per heavy atom. The number of carbonyl (C=O) groups is 1. The molecule has 0 aliphatic carbocycles. The third-order valence-electron chi connectivity index (χ3n) is 3.45. The number of halogens is 3.